The molecule has 1 amide bonds. The summed E-state index contributed by atoms with van der Waals surface area (Å²) in [4.78, 5) is 31.4. The molecule has 11 heteroatoms. The highest BCUT2D eigenvalue weighted by Crippen LogP contribution is 2.65. The minimum Gasteiger partial charge on any atom is -0.481 e. The molecule has 0 radical (unpaired) electrons. The molecule has 348 valence electrons. The van der Waals surface area contributed by atoms with Crippen molar-refractivity contribution in [3.8, 4) is 0 Å². The molecule has 8 rings (SSSR count). The molecule has 0 aromatic carbocycles. The number of carbonyl (C=O) groups excluding carboxylic acids is 2. The molecule has 0 aromatic rings. The molecule has 14 atom stereocenters. The van der Waals surface area contributed by atoms with Crippen LogP contribution in [-0.2, 0) is 14.4 Å². The number of nitrogens with one attached hydrogen (secondary N) is 1. The smallest absolute Gasteiger partial charge is 0.300 e. The van der Waals surface area contributed by atoms with E-state index in [1.54, 1.807) is 0 Å². The zero-order valence-electron chi connectivity index (χ0n) is 38.3. The van der Waals surface area contributed by atoms with Gasteiger partial charge in [-0.05, 0) is 203 Å². The predicted octanol–water partition coefficient (Wildman–Crippen LogP) is 8.03. The Balaban J connectivity index is 0.000000191. The van der Waals surface area contributed by atoms with E-state index < -0.39 is 5.97 Å². The first-order valence-electron chi connectivity index (χ1n) is 24.0. The predicted molar refractivity (Wildman–Crippen MR) is 241 cm³/mol. The van der Waals surface area contributed by atoms with Gasteiger partial charge in [-0.2, -0.15) is 0 Å². The van der Waals surface area contributed by atoms with Crippen molar-refractivity contribution < 1.29 is 39.9 Å². The van der Waals surface area contributed by atoms with Crippen molar-refractivity contribution in [2.75, 3.05) is 26.3 Å². The van der Waals surface area contributed by atoms with Crippen LogP contribution in [0.15, 0.2) is 24.3 Å². The molecule has 61 heavy (non-hydrogen) atoms. The van der Waals surface area contributed by atoms with Crippen molar-refractivity contribution in [2.45, 2.75) is 162 Å². The number of fused-ring (bicyclic) bond motifs is 2. The number of carbonyl (C=O) groups is 3. The second kappa shape index (κ2) is 20.6. The maximum Gasteiger partial charge on any atom is 0.300 e. The molecule has 8 aliphatic rings. The van der Waals surface area contributed by atoms with E-state index in [0.29, 0.717) is 41.9 Å². The molecule has 8 saturated carbocycles. The monoisotopic (exact) mass is 875 g/mol. The number of rotatable bonds is 9. The molecule has 10 nitrogen and oxygen atoms in total. The fourth-order valence-corrected chi connectivity index (χ4v) is 14.2. The van der Waals surface area contributed by atoms with Gasteiger partial charge in [0.05, 0.1) is 12.2 Å². The highest BCUT2D eigenvalue weighted by molar-refractivity contribution is 6.64. The van der Waals surface area contributed by atoms with E-state index in [-0.39, 0.29) is 81.9 Å². The first-order chi connectivity index (χ1) is 28.7. The number of amides is 1. The lowest BCUT2D eigenvalue weighted by Gasteiger charge is -2.56. The van der Waals surface area contributed by atoms with Crippen molar-refractivity contribution in [2.24, 2.45) is 86.6 Å². The largest absolute Gasteiger partial charge is 0.481 e. The minimum atomic E-state index is -0.833. The van der Waals surface area contributed by atoms with E-state index in [1.165, 1.54) is 43.3 Å². The highest BCUT2D eigenvalue weighted by atomic mass is 35.5. The van der Waals surface area contributed by atoms with Gasteiger partial charge in [0, 0.05) is 38.5 Å². The van der Waals surface area contributed by atoms with E-state index in [1.807, 2.05) is 0 Å². The summed E-state index contributed by atoms with van der Waals surface area (Å²) >= 11 is 5.04. The SMILES string of the molecule is C=C1CC[C@H]2[C@H](CN)[C@@H]([C@@]3(C)CC[C@H](O)C[C@@H]3CO)CC[C@]12C.C=C1CC[C@H]2[C@H](CNC(=O)C3CC3)[C@@H]([C@@]3(C)CC[C@H](O)C[C@@H]3CO)CC[C@]12C.CC(=O)O.O=C(Cl)C1CC1. The van der Waals surface area contributed by atoms with E-state index in [2.05, 4.69) is 46.2 Å². The number of hydrogen-bond acceptors (Lipinski definition) is 8. The van der Waals surface area contributed by atoms with Gasteiger partial charge in [0.15, 0.2) is 0 Å². The maximum atomic E-state index is 12.4. The van der Waals surface area contributed by atoms with Crippen molar-refractivity contribution in [3.05, 3.63) is 24.3 Å². The number of carboxylic acids is 1. The van der Waals surface area contributed by atoms with E-state index in [9.17, 15) is 30.0 Å². The minimum absolute atomic E-state index is 0.0359. The number of nitrogens with two attached hydrogens (primary N) is 1. The quantitative estimate of drug-likeness (QED) is 0.0889. The number of aliphatic hydroxyl groups excluding tert-OH is 4. The first kappa shape index (κ1) is 50.2. The van der Waals surface area contributed by atoms with E-state index >= 15 is 0 Å². The van der Waals surface area contributed by atoms with Crippen LogP contribution in [0.2, 0.25) is 0 Å². The Kier molecular flexibility index (Phi) is 16.9. The van der Waals surface area contributed by atoms with Gasteiger partial charge < -0.3 is 36.6 Å². The molecule has 8 aliphatic carbocycles. The van der Waals surface area contributed by atoms with Gasteiger partial charge in [-0.15, -0.1) is 0 Å². The Labute approximate surface area is 372 Å². The van der Waals surface area contributed by atoms with Crippen molar-refractivity contribution in [1.29, 1.82) is 0 Å². The molecule has 0 spiro atoms. The lowest BCUT2D eigenvalue weighted by atomic mass is 9.49. The molecule has 0 bridgehead atoms. The fourth-order valence-electron chi connectivity index (χ4n) is 14.0. The zero-order chi connectivity index (χ0) is 45.1. The Morgan fingerprint density at radius 3 is 1.44 bits per heavy atom. The summed E-state index contributed by atoms with van der Waals surface area (Å²) in [6, 6.07) is 0. The Bertz CT molecular complexity index is 1560. The number of aliphatic hydroxyl groups is 4. The van der Waals surface area contributed by atoms with E-state index in [4.69, 9.17) is 27.2 Å². The van der Waals surface area contributed by atoms with Gasteiger partial charge >= 0.3 is 0 Å². The molecular weight excluding hydrogens is 792 g/mol. The summed E-state index contributed by atoms with van der Waals surface area (Å²) in [5.41, 5.74) is 9.75. The number of aliphatic carboxylic acids is 1. The third-order valence-electron chi connectivity index (χ3n) is 18.6. The number of allylic oxidation sites excluding steroid dienone is 2. The average Bonchev–Trinajstić information content (AvgIpc) is 4.16. The Morgan fingerprint density at radius 1 is 0.672 bits per heavy atom. The van der Waals surface area contributed by atoms with Gasteiger partial charge in [-0.3, -0.25) is 14.4 Å². The third-order valence-corrected chi connectivity index (χ3v) is 18.9. The van der Waals surface area contributed by atoms with Gasteiger partial charge in [0.2, 0.25) is 11.1 Å². The van der Waals surface area contributed by atoms with Crippen LogP contribution in [0.3, 0.4) is 0 Å². The van der Waals surface area contributed by atoms with Gasteiger partial charge in [0.1, 0.15) is 0 Å². The summed E-state index contributed by atoms with van der Waals surface area (Å²) in [7, 11) is 0. The summed E-state index contributed by atoms with van der Waals surface area (Å²) in [5.74, 6) is 3.49. The average molecular weight is 876 g/mol. The molecular formula is C50H83ClN2O8. The van der Waals surface area contributed by atoms with Crippen molar-refractivity contribution >= 4 is 28.7 Å². The molecule has 0 saturated heterocycles. The van der Waals surface area contributed by atoms with Crippen LogP contribution in [0, 0.1) is 80.8 Å². The van der Waals surface area contributed by atoms with Crippen LogP contribution in [0.1, 0.15) is 150 Å². The normalized spacial score (nSPS) is 42.9. The van der Waals surface area contributed by atoms with Gasteiger partial charge in [0.25, 0.3) is 5.97 Å². The van der Waals surface area contributed by atoms with E-state index in [0.717, 1.165) is 97.1 Å². The topological polar surface area (TPSA) is 190 Å². The van der Waals surface area contributed by atoms with Crippen LogP contribution in [-0.4, -0.2) is 81.2 Å². The maximum absolute atomic E-state index is 12.4. The van der Waals surface area contributed by atoms with Crippen LogP contribution in [0.25, 0.3) is 0 Å². The Hall–Kier alpha value is -1.82. The lowest BCUT2D eigenvalue weighted by molar-refractivity contribution is -0.134. The third kappa shape index (κ3) is 11.0. The van der Waals surface area contributed by atoms with Gasteiger partial charge in [-0.25, -0.2) is 0 Å². The molecule has 0 heterocycles. The van der Waals surface area contributed by atoms with Crippen LogP contribution < -0.4 is 11.1 Å². The fraction of sp³-hybridized carbons (Fsp3) is 0.860. The second-order valence-electron chi connectivity index (χ2n) is 21.9. The summed E-state index contributed by atoms with van der Waals surface area (Å²) < 4.78 is 0. The molecule has 0 aromatic heterocycles. The van der Waals surface area contributed by atoms with Crippen LogP contribution >= 0.6 is 11.6 Å². The Morgan fingerprint density at radius 2 is 1.08 bits per heavy atom. The number of carboxylic acid groups (broad SMARTS) is 1. The highest BCUT2D eigenvalue weighted by Gasteiger charge is 2.58. The molecule has 8 fully saturated rings. The zero-order valence-corrected chi connectivity index (χ0v) is 39.1. The lowest BCUT2D eigenvalue weighted by Crippen LogP contribution is -2.53. The molecule has 8 N–H and O–H groups in total. The summed E-state index contributed by atoms with van der Waals surface area (Å²) in [6.45, 7) is 21.2. The van der Waals surface area contributed by atoms with Crippen LogP contribution in [0.5, 0.6) is 0 Å². The van der Waals surface area contributed by atoms with Crippen molar-refractivity contribution in [1.82, 2.24) is 5.32 Å². The molecule has 0 aliphatic heterocycles. The second-order valence-corrected chi connectivity index (χ2v) is 22.3. The van der Waals surface area contributed by atoms with Gasteiger partial charge in [-0.1, -0.05) is 52.0 Å². The number of hydrogen-bond donors (Lipinski definition) is 7. The summed E-state index contributed by atoms with van der Waals surface area (Å²) in [5, 5.41) is 50.9. The van der Waals surface area contributed by atoms with Crippen molar-refractivity contribution in [3.63, 3.8) is 0 Å². The number of halogens is 1. The summed E-state index contributed by atoms with van der Waals surface area (Å²) in [6.07, 6.45) is 18.1. The van der Waals surface area contributed by atoms with Crippen LogP contribution in [0.4, 0.5) is 0 Å². The first-order valence-corrected chi connectivity index (χ1v) is 24.4. The molecule has 0 unspecified atom stereocenters. The standard InChI is InChI=1S/C24H39NO3.C20H35NO2.C4H5ClO.C2H4O2/c1-15-4-7-20-19(13-25-22(28)16-5-6-16)21(9-11-23(15,20)2)24(3)10-8-18(27)12-17(24)14-26;1-13-4-5-17-16(11-21)18(7-9-19(13,17)2)20(3)8-6-15(23)10-14(20)12-22;5-4(6)3-1-2-3;1-2(3)4/h16-21,26-27H,1,4-14H2,2-3H3,(H,25,28);14-18,22-23H,1,4-12,21H2,2-3H3;3H,1-2H2;1H3,(H,3,4)/t17-,18+,19+,20+,21+,23-,24+;14-,15+,16+,17+,18+,19-,20+;;/m11../s1.